The molecule has 9 heteroatoms. The molecule has 22 heavy (non-hydrogen) atoms. The lowest BCUT2D eigenvalue weighted by Crippen LogP contribution is -2.36. The van der Waals surface area contributed by atoms with Crippen LogP contribution in [0.1, 0.15) is 6.42 Å². The monoisotopic (exact) mass is 326 g/mol. The first-order chi connectivity index (χ1) is 10.3. The van der Waals surface area contributed by atoms with Crippen LogP contribution in [0.4, 0.5) is 5.69 Å². The van der Waals surface area contributed by atoms with E-state index in [0.29, 0.717) is 17.2 Å². The highest BCUT2D eigenvalue weighted by molar-refractivity contribution is 7.89. The largest absolute Gasteiger partial charge is 0.454 e. The minimum absolute atomic E-state index is 0.0319. The maximum absolute atomic E-state index is 12.1. The van der Waals surface area contributed by atoms with E-state index in [0.717, 1.165) is 6.26 Å². The van der Waals surface area contributed by atoms with Crippen molar-refractivity contribution in [3.63, 3.8) is 0 Å². The fraction of sp³-hybridized carbons (Fsp3) is 0.385. The molecular weight excluding hydrogens is 312 g/mol. The van der Waals surface area contributed by atoms with E-state index in [9.17, 15) is 18.0 Å². The number of fused-ring (bicyclic) bond motifs is 1. The third-order valence-corrected chi connectivity index (χ3v) is 4.02. The van der Waals surface area contributed by atoms with Crippen LogP contribution in [0.2, 0.25) is 0 Å². The number of benzene rings is 1. The number of rotatable bonds is 3. The Hall–Kier alpha value is -2.29. The van der Waals surface area contributed by atoms with Crippen LogP contribution in [0.3, 0.4) is 0 Å². The molecule has 1 aromatic carbocycles. The minimum atomic E-state index is -3.63. The van der Waals surface area contributed by atoms with E-state index in [1.807, 2.05) is 4.72 Å². The Bertz CT molecular complexity index is 745. The Morgan fingerprint density at radius 1 is 1.32 bits per heavy atom. The number of sulfonamides is 1. The van der Waals surface area contributed by atoms with Crippen molar-refractivity contribution in [1.82, 2.24) is 4.72 Å². The average molecular weight is 326 g/mol. The summed E-state index contributed by atoms with van der Waals surface area (Å²) in [6.07, 6.45) is 0.868. The van der Waals surface area contributed by atoms with Gasteiger partial charge in [0.25, 0.3) is 0 Å². The van der Waals surface area contributed by atoms with Crippen LogP contribution in [0.15, 0.2) is 18.2 Å². The van der Waals surface area contributed by atoms with Gasteiger partial charge in [0.15, 0.2) is 11.5 Å². The number of hydrogen-bond donors (Lipinski definition) is 1. The van der Waals surface area contributed by atoms with Crippen LogP contribution in [-0.4, -0.2) is 39.8 Å². The lowest BCUT2D eigenvalue weighted by Gasteiger charge is -2.17. The van der Waals surface area contributed by atoms with Gasteiger partial charge < -0.3 is 14.4 Å². The molecule has 3 rings (SSSR count). The molecular formula is C13H14N2O6S. The predicted octanol–water partition coefficient (Wildman–Crippen LogP) is -0.156. The van der Waals surface area contributed by atoms with E-state index in [-0.39, 0.29) is 25.7 Å². The number of carbonyl (C=O) groups is 2. The third kappa shape index (κ3) is 2.84. The lowest BCUT2D eigenvalue weighted by molar-refractivity contribution is -0.124. The Morgan fingerprint density at radius 2 is 2.05 bits per heavy atom. The smallest absolute Gasteiger partial charge is 0.238 e. The maximum Gasteiger partial charge on any atom is 0.238 e. The van der Waals surface area contributed by atoms with Crippen LogP contribution in [0, 0.1) is 5.92 Å². The fourth-order valence-corrected chi connectivity index (χ4v) is 2.98. The van der Waals surface area contributed by atoms with Gasteiger partial charge in [-0.05, 0) is 12.1 Å². The molecule has 0 bridgehead atoms. The van der Waals surface area contributed by atoms with Gasteiger partial charge in [-0.15, -0.1) is 0 Å². The zero-order valence-electron chi connectivity index (χ0n) is 11.7. The fourth-order valence-electron chi connectivity index (χ4n) is 2.45. The summed E-state index contributed by atoms with van der Waals surface area (Å²) in [4.78, 5) is 25.4. The van der Waals surface area contributed by atoms with Gasteiger partial charge in [-0.2, -0.15) is 0 Å². The highest BCUT2D eigenvalue weighted by Gasteiger charge is 2.36. The molecule has 1 saturated heterocycles. The molecule has 8 nitrogen and oxygen atoms in total. The van der Waals surface area contributed by atoms with Crippen LogP contribution >= 0.6 is 0 Å². The summed E-state index contributed by atoms with van der Waals surface area (Å²) in [5.41, 5.74) is 0.587. The molecule has 118 valence electrons. The van der Waals surface area contributed by atoms with Crippen molar-refractivity contribution < 1.29 is 27.5 Å². The van der Waals surface area contributed by atoms with Gasteiger partial charge in [-0.3, -0.25) is 14.3 Å². The normalized spacial score (nSPS) is 20.3. The molecule has 1 atom stereocenters. The number of nitrogens with zero attached hydrogens (tertiary/aromatic N) is 1. The standard InChI is InChI=1S/C13H14N2O6S/c1-22(18,19)14-13(17)8-4-12(16)15(6-8)9-2-3-10-11(5-9)21-7-20-10/h2-3,5,8H,4,6-7H2,1H3,(H,14,17)/t8-/m1/s1. The summed E-state index contributed by atoms with van der Waals surface area (Å²) in [5.74, 6) is -0.477. The van der Waals surface area contributed by atoms with Crippen LogP contribution in [0.5, 0.6) is 11.5 Å². The van der Waals surface area contributed by atoms with E-state index in [1.54, 1.807) is 18.2 Å². The Balaban J connectivity index is 1.76. The summed E-state index contributed by atoms with van der Waals surface area (Å²) in [5, 5.41) is 0. The molecule has 2 amide bonds. The molecule has 0 aromatic heterocycles. The Labute approximate surface area is 127 Å². The van der Waals surface area contributed by atoms with Gasteiger partial charge in [0.1, 0.15) is 0 Å². The molecule has 2 aliphatic rings. The van der Waals surface area contributed by atoms with E-state index >= 15 is 0 Å². The third-order valence-electron chi connectivity index (χ3n) is 3.45. The van der Waals surface area contributed by atoms with E-state index in [1.165, 1.54) is 4.90 Å². The zero-order valence-corrected chi connectivity index (χ0v) is 12.6. The van der Waals surface area contributed by atoms with Gasteiger partial charge in [-0.1, -0.05) is 0 Å². The van der Waals surface area contributed by atoms with Crippen molar-refractivity contribution in [3.8, 4) is 11.5 Å². The molecule has 0 spiro atoms. The van der Waals surface area contributed by atoms with Crippen molar-refractivity contribution >= 4 is 27.5 Å². The van der Waals surface area contributed by atoms with E-state index < -0.39 is 21.8 Å². The van der Waals surface area contributed by atoms with Gasteiger partial charge in [0.05, 0.1) is 12.2 Å². The molecule has 0 aliphatic carbocycles. The molecule has 0 radical (unpaired) electrons. The topological polar surface area (TPSA) is 102 Å². The predicted molar refractivity (Wildman–Crippen MR) is 76.0 cm³/mol. The quantitative estimate of drug-likeness (QED) is 0.828. The summed E-state index contributed by atoms with van der Waals surface area (Å²) >= 11 is 0. The summed E-state index contributed by atoms with van der Waals surface area (Å²) in [6, 6.07) is 5.05. The minimum Gasteiger partial charge on any atom is -0.454 e. The number of anilines is 1. The van der Waals surface area contributed by atoms with Crippen LogP contribution < -0.4 is 19.1 Å². The summed E-state index contributed by atoms with van der Waals surface area (Å²) in [6.45, 7) is 0.256. The summed E-state index contributed by atoms with van der Waals surface area (Å²) in [7, 11) is -3.63. The number of hydrogen-bond acceptors (Lipinski definition) is 6. The van der Waals surface area contributed by atoms with Crippen molar-refractivity contribution in [3.05, 3.63) is 18.2 Å². The second-order valence-corrected chi connectivity index (χ2v) is 6.93. The van der Waals surface area contributed by atoms with Crippen LogP contribution in [0.25, 0.3) is 0 Å². The second-order valence-electron chi connectivity index (χ2n) is 5.18. The maximum atomic E-state index is 12.1. The molecule has 1 aromatic rings. The van der Waals surface area contributed by atoms with Gasteiger partial charge in [-0.25, -0.2) is 8.42 Å². The van der Waals surface area contributed by atoms with Crippen molar-refractivity contribution in [2.45, 2.75) is 6.42 Å². The first kappa shape index (κ1) is 14.6. The van der Waals surface area contributed by atoms with E-state index in [4.69, 9.17) is 9.47 Å². The first-order valence-corrected chi connectivity index (χ1v) is 8.44. The molecule has 1 fully saturated rings. The SMILES string of the molecule is CS(=O)(=O)NC(=O)[C@@H]1CC(=O)N(c2ccc3c(c2)OCO3)C1. The Morgan fingerprint density at radius 3 is 2.77 bits per heavy atom. The van der Waals surface area contributed by atoms with Crippen molar-refractivity contribution in [2.75, 3.05) is 24.5 Å². The highest BCUT2D eigenvalue weighted by Crippen LogP contribution is 2.37. The first-order valence-electron chi connectivity index (χ1n) is 6.55. The van der Waals surface area contributed by atoms with Crippen LogP contribution in [-0.2, 0) is 19.6 Å². The number of carbonyl (C=O) groups excluding carboxylic acids is 2. The molecule has 0 unspecified atom stereocenters. The number of nitrogens with one attached hydrogen (secondary N) is 1. The molecule has 2 heterocycles. The second kappa shape index (κ2) is 5.16. The highest BCUT2D eigenvalue weighted by atomic mass is 32.2. The average Bonchev–Trinajstić information content (AvgIpc) is 3.01. The van der Waals surface area contributed by atoms with E-state index in [2.05, 4.69) is 0 Å². The number of amides is 2. The molecule has 0 saturated carbocycles. The molecule has 2 aliphatic heterocycles. The number of ether oxygens (including phenoxy) is 2. The zero-order chi connectivity index (χ0) is 15.9. The lowest BCUT2D eigenvalue weighted by atomic mass is 10.1. The Kier molecular flexibility index (Phi) is 3.44. The van der Waals surface area contributed by atoms with Gasteiger partial charge in [0.2, 0.25) is 28.6 Å². The summed E-state index contributed by atoms with van der Waals surface area (Å²) < 4.78 is 34.6. The van der Waals surface area contributed by atoms with Crippen molar-refractivity contribution in [2.24, 2.45) is 5.92 Å². The van der Waals surface area contributed by atoms with Gasteiger partial charge in [0, 0.05) is 24.7 Å². The van der Waals surface area contributed by atoms with Crippen molar-refractivity contribution in [1.29, 1.82) is 0 Å². The van der Waals surface area contributed by atoms with Gasteiger partial charge >= 0.3 is 0 Å². The molecule has 1 N–H and O–H groups in total.